The van der Waals surface area contributed by atoms with E-state index >= 15 is 0 Å². The van der Waals surface area contributed by atoms with E-state index in [0.717, 1.165) is 52.9 Å². The molecule has 1 aliphatic heterocycles. The second-order valence-corrected chi connectivity index (χ2v) is 8.53. The SMILES string of the molecule is Cc1nc(C)c(-c2ccc(=O)n(CC3CCN(c4ccc(C#N)nc4)CC3)n2)s1. The van der Waals surface area contributed by atoms with E-state index in [2.05, 4.69) is 20.0 Å². The molecule has 0 aliphatic carbocycles. The van der Waals surface area contributed by atoms with Gasteiger partial charge >= 0.3 is 0 Å². The lowest BCUT2D eigenvalue weighted by molar-refractivity contribution is 0.336. The van der Waals surface area contributed by atoms with Crippen molar-refractivity contribution in [1.29, 1.82) is 5.26 Å². The number of pyridine rings is 1. The highest BCUT2D eigenvalue weighted by atomic mass is 32.1. The summed E-state index contributed by atoms with van der Waals surface area (Å²) in [7, 11) is 0. The molecular formula is C21H22N6OS. The Morgan fingerprint density at radius 3 is 2.62 bits per heavy atom. The molecule has 7 nitrogen and oxygen atoms in total. The van der Waals surface area contributed by atoms with Crippen molar-refractivity contribution >= 4 is 17.0 Å². The highest BCUT2D eigenvalue weighted by Crippen LogP contribution is 2.28. The van der Waals surface area contributed by atoms with E-state index in [1.165, 1.54) is 0 Å². The number of hydrogen-bond acceptors (Lipinski definition) is 7. The Kier molecular flexibility index (Phi) is 5.41. The molecule has 0 bridgehead atoms. The first-order valence-corrected chi connectivity index (χ1v) is 10.5. The van der Waals surface area contributed by atoms with Crippen LogP contribution in [0, 0.1) is 31.1 Å². The molecule has 3 aromatic heterocycles. The van der Waals surface area contributed by atoms with Crippen LogP contribution in [0.2, 0.25) is 0 Å². The second kappa shape index (κ2) is 8.13. The first-order chi connectivity index (χ1) is 14.0. The van der Waals surface area contributed by atoms with Crippen LogP contribution in [0.5, 0.6) is 0 Å². The standard InChI is InChI=1S/C21H22N6OS/c1-14-21(29-15(2)24-14)19-5-6-20(28)27(25-19)13-16-7-9-26(10-8-16)18-4-3-17(11-22)23-12-18/h3-6,12,16H,7-10,13H2,1-2H3. The Morgan fingerprint density at radius 1 is 1.21 bits per heavy atom. The Morgan fingerprint density at radius 2 is 2.00 bits per heavy atom. The van der Waals surface area contributed by atoms with Gasteiger partial charge in [0.25, 0.3) is 5.56 Å². The molecule has 148 valence electrons. The third-order valence-corrected chi connectivity index (χ3v) is 6.37. The number of hydrogen-bond donors (Lipinski definition) is 0. The van der Waals surface area contributed by atoms with E-state index in [0.29, 0.717) is 18.2 Å². The van der Waals surface area contributed by atoms with Crippen molar-refractivity contribution in [2.24, 2.45) is 5.92 Å². The number of aromatic nitrogens is 4. The first kappa shape index (κ1) is 19.3. The van der Waals surface area contributed by atoms with Crippen LogP contribution in [0.1, 0.15) is 29.2 Å². The summed E-state index contributed by atoms with van der Waals surface area (Å²) in [5.74, 6) is 0.405. The fourth-order valence-electron chi connectivity index (χ4n) is 3.73. The van der Waals surface area contributed by atoms with Crippen molar-refractivity contribution in [2.45, 2.75) is 33.2 Å². The molecule has 0 unspecified atom stereocenters. The number of nitrogens with zero attached hydrogens (tertiary/aromatic N) is 6. The molecule has 1 fully saturated rings. The molecule has 8 heteroatoms. The third-order valence-electron chi connectivity index (χ3n) is 5.28. The van der Waals surface area contributed by atoms with Gasteiger partial charge in [-0.15, -0.1) is 11.3 Å². The number of aryl methyl sites for hydroxylation is 2. The Labute approximate surface area is 173 Å². The van der Waals surface area contributed by atoms with Gasteiger partial charge in [0.05, 0.1) is 27.5 Å². The average Bonchev–Trinajstić information content (AvgIpc) is 3.08. The van der Waals surface area contributed by atoms with Gasteiger partial charge in [-0.05, 0) is 50.8 Å². The predicted molar refractivity (Wildman–Crippen MR) is 113 cm³/mol. The van der Waals surface area contributed by atoms with Gasteiger partial charge in [0.1, 0.15) is 17.5 Å². The van der Waals surface area contributed by atoms with Crippen molar-refractivity contribution in [3.8, 4) is 16.6 Å². The lowest BCUT2D eigenvalue weighted by Gasteiger charge is -2.33. The van der Waals surface area contributed by atoms with Crippen molar-refractivity contribution in [3.63, 3.8) is 0 Å². The van der Waals surface area contributed by atoms with Gasteiger partial charge in [-0.25, -0.2) is 14.6 Å². The van der Waals surface area contributed by atoms with Crippen molar-refractivity contribution in [1.82, 2.24) is 19.7 Å². The van der Waals surface area contributed by atoms with Gasteiger partial charge in [0.15, 0.2) is 0 Å². The van der Waals surface area contributed by atoms with Crippen LogP contribution in [0.4, 0.5) is 5.69 Å². The number of thiazole rings is 1. The molecule has 0 radical (unpaired) electrons. The maximum atomic E-state index is 12.4. The molecule has 1 aliphatic rings. The molecule has 0 amide bonds. The lowest BCUT2D eigenvalue weighted by Crippen LogP contribution is -2.36. The van der Waals surface area contributed by atoms with E-state index in [1.807, 2.05) is 26.0 Å². The molecule has 0 saturated carbocycles. The van der Waals surface area contributed by atoms with Crippen LogP contribution in [0.3, 0.4) is 0 Å². The van der Waals surface area contributed by atoms with Gasteiger partial charge in [-0.3, -0.25) is 4.79 Å². The molecule has 29 heavy (non-hydrogen) atoms. The topological polar surface area (TPSA) is 87.7 Å². The van der Waals surface area contributed by atoms with Gasteiger partial charge in [-0.1, -0.05) is 0 Å². The fourth-order valence-corrected chi connectivity index (χ4v) is 4.61. The number of nitriles is 1. The summed E-state index contributed by atoms with van der Waals surface area (Å²) in [4.78, 5) is 24.3. The van der Waals surface area contributed by atoms with Gasteiger partial charge in [0.2, 0.25) is 0 Å². The van der Waals surface area contributed by atoms with Crippen LogP contribution in [0.15, 0.2) is 35.3 Å². The summed E-state index contributed by atoms with van der Waals surface area (Å²) in [5, 5.41) is 14.5. The maximum absolute atomic E-state index is 12.4. The average molecular weight is 407 g/mol. The summed E-state index contributed by atoms with van der Waals surface area (Å²) in [6, 6.07) is 9.14. The zero-order valence-electron chi connectivity index (χ0n) is 16.5. The van der Waals surface area contributed by atoms with E-state index in [9.17, 15) is 4.79 Å². The van der Waals surface area contributed by atoms with Crippen molar-refractivity contribution in [2.75, 3.05) is 18.0 Å². The summed E-state index contributed by atoms with van der Waals surface area (Å²) in [6.07, 6.45) is 3.72. The normalized spacial score (nSPS) is 14.7. The summed E-state index contributed by atoms with van der Waals surface area (Å²) in [6.45, 7) is 6.39. The summed E-state index contributed by atoms with van der Waals surface area (Å²) in [5.41, 5.74) is 3.17. The number of anilines is 1. The maximum Gasteiger partial charge on any atom is 0.266 e. The summed E-state index contributed by atoms with van der Waals surface area (Å²) < 4.78 is 1.60. The Bertz CT molecular complexity index is 1100. The third kappa shape index (κ3) is 4.20. The highest BCUT2D eigenvalue weighted by Gasteiger charge is 2.21. The van der Waals surface area contributed by atoms with Gasteiger partial charge in [-0.2, -0.15) is 10.4 Å². The molecule has 0 atom stereocenters. The Balaban J connectivity index is 1.44. The molecule has 0 spiro atoms. The molecule has 1 saturated heterocycles. The zero-order chi connectivity index (χ0) is 20.4. The highest BCUT2D eigenvalue weighted by molar-refractivity contribution is 7.15. The smallest absolute Gasteiger partial charge is 0.266 e. The zero-order valence-corrected chi connectivity index (χ0v) is 17.3. The largest absolute Gasteiger partial charge is 0.370 e. The monoisotopic (exact) mass is 406 g/mol. The van der Waals surface area contributed by atoms with Crippen LogP contribution in [0.25, 0.3) is 10.6 Å². The number of piperidine rings is 1. The fraction of sp³-hybridized carbons (Fsp3) is 0.381. The molecular weight excluding hydrogens is 384 g/mol. The van der Waals surface area contributed by atoms with Crippen molar-refractivity contribution in [3.05, 3.63) is 57.2 Å². The van der Waals surface area contributed by atoms with E-state index in [-0.39, 0.29) is 5.56 Å². The van der Waals surface area contributed by atoms with Crippen molar-refractivity contribution < 1.29 is 0 Å². The molecule has 4 heterocycles. The van der Waals surface area contributed by atoms with Crippen LogP contribution in [-0.4, -0.2) is 32.8 Å². The van der Waals surface area contributed by atoms with Gasteiger partial charge in [0, 0.05) is 25.7 Å². The van der Waals surface area contributed by atoms with Crippen LogP contribution in [-0.2, 0) is 6.54 Å². The molecule has 0 aromatic carbocycles. The van der Waals surface area contributed by atoms with Crippen LogP contribution < -0.4 is 10.5 Å². The summed E-state index contributed by atoms with van der Waals surface area (Å²) >= 11 is 1.61. The molecule has 0 N–H and O–H groups in total. The number of rotatable bonds is 4. The molecule has 4 rings (SSSR count). The van der Waals surface area contributed by atoms with E-state index < -0.39 is 0 Å². The Hall–Kier alpha value is -3.05. The lowest BCUT2D eigenvalue weighted by atomic mass is 9.96. The van der Waals surface area contributed by atoms with E-state index in [1.54, 1.807) is 40.4 Å². The van der Waals surface area contributed by atoms with Crippen LogP contribution >= 0.6 is 11.3 Å². The quantitative estimate of drug-likeness (QED) is 0.661. The van der Waals surface area contributed by atoms with E-state index in [4.69, 9.17) is 5.26 Å². The van der Waals surface area contributed by atoms with Gasteiger partial charge < -0.3 is 4.90 Å². The second-order valence-electron chi connectivity index (χ2n) is 7.33. The first-order valence-electron chi connectivity index (χ1n) is 9.67. The molecule has 3 aromatic rings. The minimum atomic E-state index is -0.0636. The predicted octanol–water partition coefficient (Wildman–Crippen LogP) is 3.17. The minimum absolute atomic E-state index is 0.0636. The minimum Gasteiger partial charge on any atom is -0.370 e.